The monoisotopic (exact) mass is 378 g/mol. The van der Waals surface area contributed by atoms with Gasteiger partial charge in [0.1, 0.15) is 5.52 Å². The first-order valence-corrected chi connectivity index (χ1v) is 9.29. The molecule has 0 spiro atoms. The van der Waals surface area contributed by atoms with Crippen molar-refractivity contribution < 1.29 is 9.53 Å². The average molecular weight is 378 g/mol. The van der Waals surface area contributed by atoms with Crippen molar-refractivity contribution in [1.82, 2.24) is 20.5 Å². The van der Waals surface area contributed by atoms with E-state index in [-0.39, 0.29) is 12.1 Å². The molecule has 0 bridgehead atoms. The second-order valence-electron chi connectivity index (χ2n) is 6.78. The molecule has 28 heavy (non-hydrogen) atoms. The summed E-state index contributed by atoms with van der Waals surface area (Å²) in [6.07, 6.45) is 5.32. The highest BCUT2D eigenvalue weighted by Crippen LogP contribution is 2.30. The van der Waals surface area contributed by atoms with E-state index in [1.54, 1.807) is 12.3 Å². The molecule has 8 heteroatoms. The number of urea groups is 1. The van der Waals surface area contributed by atoms with Gasteiger partial charge in [0, 0.05) is 30.0 Å². The second kappa shape index (κ2) is 7.77. The molecule has 1 aliphatic heterocycles. The Kier molecular flexibility index (Phi) is 5.03. The first kappa shape index (κ1) is 18.1. The van der Waals surface area contributed by atoms with Gasteiger partial charge in [-0.1, -0.05) is 6.92 Å². The molecular formula is C20H22N6O2. The van der Waals surface area contributed by atoms with E-state index in [0.29, 0.717) is 30.2 Å². The van der Waals surface area contributed by atoms with Gasteiger partial charge in [0.05, 0.1) is 18.3 Å². The Bertz CT molecular complexity index is 1020. The lowest BCUT2D eigenvalue weighted by atomic mass is 9.98. The van der Waals surface area contributed by atoms with Gasteiger partial charge in [-0.25, -0.2) is 4.79 Å². The molecule has 3 heterocycles. The topological polar surface area (TPSA) is 115 Å². The highest BCUT2D eigenvalue weighted by atomic mass is 16.5. The van der Waals surface area contributed by atoms with Crippen LogP contribution in [0.15, 0.2) is 36.7 Å². The molecule has 4 rings (SSSR count). The number of aromatic nitrogens is 3. The number of fused-ring (bicyclic) bond motifs is 1. The fourth-order valence-corrected chi connectivity index (χ4v) is 3.38. The van der Waals surface area contributed by atoms with Crippen molar-refractivity contribution in [2.24, 2.45) is 0 Å². The first-order chi connectivity index (χ1) is 13.6. The third kappa shape index (κ3) is 3.72. The number of hydrogen-bond acceptors (Lipinski definition) is 6. The molecule has 1 saturated heterocycles. The standard InChI is InChI=1S/C20H22N6O2/c1-2-12-3-5-22-10-16(12)13-7-14-9-18(25-26-19(14)17(21)8-13)24-20(27)23-15-4-6-28-11-15/h3,5,7-10,15H,2,4,6,11,21H2,1H3,(H2,23,24,25,27)/t15-/m1/s1. The number of amides is 2. The number of nitrogens with two attached hydrogens (primary N) is 1. The summed E-state index contributed by atoms with van der Waals surface area (Å²) < 4.78 is 5.26. The molecule has 144 valence electrons. The number of anilines is 2. The quantitative estimate of drug-likeness (QED) is 0.601. The van der Waals surface area contributed by atoms with Gasteiger partial charge in [-0.15, -0.1) is 10.2 Å². The molecule has 4 N–H and O–H groups in total. The largest absolute Gasteiger partial charge is 0.397 e. The third-order valence-corrected chi connectivity index (χ3v) is 4.83. The molecule has 3 aromatic rings. The zero-order valence-electron chi connectivity index (χ0n) is 15.6. The number of pyridine rings is 1. The molecule has 0 unspecified atom stereocenters. The van der Waals surface area contributed by atoms with Crippen molar-refractivity contribution in [2.75, 3.05) is 24.3 Å². The molecule has 1 fully saturated rings. The molecular weight excluding hydrogens is 356 g/mol. The Morgan fingerprint density at radius 3 is 3.00 bits per heavy atom. The van der Waals surface area contributed by atoms with E-state index in [2.05, 4.69) is 32.7 Å². The van der Waals surface area contributed by atoms with Gasteiger partial charge in [0.15, 0.2) is 5.82 Å². The molecule has 0 radical (unpaired) electrons. The highest BCUT2D eigenvalue weighted by Gasteiger charge is 2.18. The van der Waals surface area contributed by atoms with Crippen LogP contribution < -0.4 is 16.4 Å². The molecule has 1 aliphatic rings. The number of hydrogen-bond donors (Lipinski definition) is 3. The van der Waals surface area contributed by atoms with E-state index in [1.807, 2.05) is 24.4 Å². The summed E-state index contributed by atoms with van der Waals surface area (Å²) in [6, 6.07) is 7.35. The normalized spacial score (nSPS) is 16.2. The highest BCUT2D eigenvalue weighted by molar-refractivity contribution is 5.96. The van der Waals surface area contributed by atoms with Gasteiger partial charge in [0.2, 0.25) is 0 Å². The summed E-state index contributed by atoms with van der Waals surface area (Å²) in [4.78, 5) is 16.4. The van der Waals surface area contributed by atoms with Crippen molar-refractivity contribution in [3.63, 3.8) is 0 Å². The van der Waals surface area contributed by atoms with Crippen molar-refractivity contribution in [3.8, 4) is 11.1 Å². The Hall–Kier alpha value is -3.26. The van der Waals surface area contributed by atoms with Crippen LogP contribution >= 0.6 is 0 Å². The molecule has 1 atom stereocenters. The molecule has 0 aliphatic carbocycles. The number of benzene rings is 1. The van der Waals surface area contributed by atoms with Crippen LogP contribution in [0.3, 0.4) is 0 Å². The number of nitrogens with one attached hydrogen (secondary N) is 2. The lowest BCUT2D eigenvalue weighted by Crippen LogP contribution is -2.38. The molecule has 2 aromatic heterocycles. The lowest BCUT2D eigenvalue weighted by Gasteiger charge is -2.12. The van der Waals surface area contributed by atoms with E-state index >= 15 is 0 Å². The molecule has 8 nitrogen and oxygen atoms in total. The fourth-order valence-electron chi connectivity index (χ4n) is 3.38. The smallest absolute Gasteiger partial charge is 0.320 e. The zero-order valence-corrected chi connectivity index (χ0v) is 15.6. The van der Waals surface area contributed by atoms with Crippen LogP contribution in [-0.2, 0) is 11.2 Å². The van der Waals surface area contributed by atoms with Gasteiger partial charge in [-0.2, -0.15) is 0 Å². The summed E-state index contributed by atoms with van der Waals surface area (Å²) in [5.41, 5.74) is 10.5. The number of aryl methyl sites for hydroxylation is 1. The number of nitrogen functional groups attached to an aromatic ring is 1. The van der Waals surface area contributed by atoms with E-state index < -0.39 is 0 Å². The summed E-state index contributed by atoms with van der Waals surface area (Å²) in [7, 11) is 0. The van der Waals surface area contributed by atoms with Gasteiger partial charge in [-0.05, 0) is 48.2 Å². The summed E-state index contributed by atoms with van der Waals surface area (Å²) in [5, 5.41) is 14.7. The van der Waals surface area contributed by atoms with E-state index in [1.165, 1.54) is 5.56 Å². The Balaban J connectivity index is 1.63. The summed E-state index contributed by atoms with van der Waals surface area (Å²) in [6.45, 7) is 3.29. The maximum absolute atomic E-state index is 12.2. The van der Waals surface area contributed by atoms with Crippen molar-refractivity contribution in [1.29, 1.82) is 0 Å². The maximum atomic E-state index is 12.2. The van der Waals surface area contributed by atoms with E-state index in [0.717, 1.165) is 29.4 Å². The maximum Gasteiger partial charge on any atom is 0.320 e. The number of carbonyl (C=O) groups excluding carboxylic acids is 1. The molecule has 2 amide bonds. The van der Waals surface area contributed by atoms with Crippen LogP contribution in [0.4, 0.5) is 16.3 Å². The zero-order chi connectivity index (χ0) is 19.5. The molecule has 0 saturated carbocycles. The van der Waals surface area contributed by atoms with Crippen molar-refractivity contribution in [2.45, 2.75) is 25.8 Å². The van der Waals surface area contributed by atoms with Gasteiger partial charge in [-0.3, -0.25) is 10.3 Å². The minimum atomic E-state index is -0.325. The summed E-state index contributed by atoms with van der Waals surface area (Å²) in [5.74, 6) is 0.363. The lowest BCUT2D eigenvalue weighted by molar-refractivity contribution is 0.189. The van der Waals surface area contributed by atoms with Crippen LogP contribution in [0, 0.1) is 0 Å². The SMILES string of the molecule is CCc1ccncc1-c1cc(N)c2nnc(NC(=O)N[C@@H]3CCOC3)cc2c1. The average Bonchev–Trinajstić information content (AvgIpc) is 3.20. The second-order valence-corrected chi connectivity index (χ2v) is 6.78. The Morgan fingerprint density at radius 2 is 2.21 bits per heavy atom. The predicted molar refractivity (Wildman–Crippen MR) is 108 cm³/mol. The minimum absolute atomic E-state index is 0.0220. The van der Waals surface area contributed by atoms with Crippen molar-refractivity contribution in [3.05, 3.63) is 42.2 Å². The molecule has 1 aromatic carbocycles. The number of rotatable bonds is 4. The fraction of sp³-hybridized carbons (Fsp3) is 0.300. The van der Waals surface area contributed by atoms with Crippen LogP contribution in [0.2, 0.25) is 0 Å². The first-order valence-electron chi connectivity index (χ1n) is 9.29. The summed E-state index contributed by atoms with van der Waals surface area (Å²) >= 11 is 0. The Morgan fingerprint density at radius 1 is 1.32 bits per heavy atom. The van der Waals surface area contributed by atoms with Gasteiger partial charge >= 0.3 is 6.03 Å². The van der Waals surface area contributed by atoms with Crippen LogP contribution in [0.5, 0.6) is 0 Å². The van der Waals surface area contributed by atoms with Crippen LogP contribution in [0.25, 0.3) is 22.0 Å². The van der Waals surface area contributed by atoms with Crippen LogP contribution in [0.1, 0.15) is 18.9 Å². The van der Waals surface area contributed by atoms with E-state index in [4.69, 9.17) is 10.5 Å². The number of carbonyl (C=O) groups is 1. The van der Waals surface area contributed by atoms with E-state index in [9.17, 15) is 4.79 Å². The van der Waals surface area contributed by atoms with Crippen LogP contribution in [-0.4, -0.2) is 40.5 Å². The third-order valence-electron chi connectivity index (χ3n) is 4.83. The van der Waals surface area contributed by atoms with Gasteiger partial charge in [0.25, 0.3) is 0 Å². The van der Waals surface area contributed by atoms with Crippen molar-refractivity contribution >= 4 is 28.4 Å². The van der Waals surface area contributed by atoms with Gasteiger partial charge < -0.3 is 15.8 Å². The number of nitrogens with zero attached hydrogens (tertiary/aromatic N) is 3. The number of ether oxygens (including phenoxy) is 1. The predicted octanol–water partition coefficient (Wildman–Crippen LogP) is 2.75. The Labute approximate surface area is 162 Å². The minimum Gasteiger partial charge on any atom is -0.397 e.